The standard InChI is InChI=1S/C32H35N3O3/c1-22-10-12-25(13-11-22)28-20-27(28)8-5-9-29(32(38)35-19-18-33-30(36)21-35)34-31(37)26-16-14-24(15-17-26)23-6-3-2-4-7-23/h2-4,6-7,10-17,27-29H,5,8-9,18-21H2,1H3,(H,33,36)(H,34,37)/t27-,28+,29+/m1/s1. The normalized spacial score (nSPS) is 19.4. The summed E-state index contributed by atoms with van der Waals surface area (Å²) in [7, 11) is 0. The van der Waals surface area contributed by atoms with E-state index in [9.17, 15) is 14.4 Å². The molecule has 1 saturated heterocycles. The predicted molar refractivity (Wildman–Crippen MR) is 149 cm³/mol. The van der Waals surface area contributed by atoms with Crippen molar-refractivity contribution in [3.63, 3.8) is 0 Å². The van der Waals surface area contributed by atoms with Gasteiger partial charge in [0.1, 0.15) is 6.04 Å². The second kappa shape index (κ2) is 11.6. The molecular formula is C32H35N3O3. The van der Waals surface area contributed by atoms with E-state index in [1.54, 1.807) is 17.0 Å². The largest absolute Gasteiger partial charge is 0.353 e. The fourth-order valence-corrected chi connectivity index (χ4v) is 5.36. The molecule has 3 aromatic carbocycles. The van der Waals surface area contributed by atoms with Crippen LogP contribution in [0, 0.1) is 12.8 Å². The number of hydrogen-bond donors (Lipinski definition) is 2. The lowest BCUT2D eigenvalue weighted by Gasteiger charge is -2.30. The van der Waals surface area contributed by atoms with Crippen molar-refractivity contribution < 1.29 is 14.4 Å². The predicted octanol–water partition coefficient (Wildman–Crippen LogP) is 4.69. The Bertz CT molecular complexity index is 1270. The first kappa shape index (κ1) is 25.7. The molecule has 38 heavy (non-hydrogen) atoms. The third-order valence-corrected chi connectivity index (χ3v) is 7.70. The molecule has 2 aliphatic rings. The van der Waals surface area contributed by atoms with Crippen LogP contribution in [0.2, 0.25) is 0 Å². The van der Waals surface area contributed by atoms with Crippen molar-refractivity contribution >= 4 is 17.7 Å². The molecule has 6 heteroatoms. The quantitative estimate of drug-likeness (QED) is 0.439. The monoisotopic (exact) mass is 509 g/mol. The zero-order chi connectivity index (χ0) is 26.5. The van der Waals surface area contributed by atoms with E-state index >= 15 is 0 Å². The highest BCUT2D eigenvalue weighted by Gasteiger charge is 2.38. The van der Waals surface area contributed by atoms with Crippen molar-refractivity contribution in [3.05, 3.63) is 95.6 Å². The number of benzene rings is 3. The molecule has 3 amide bonds. The number of nitrogens with one attached hydrogen (secondary N) is 2. The van der Waals surface area contributed by atoms with Crippen LogP contribution in [-0.2, 0) is 9.59 Å². The number of rotatable bonds is 9. The summed E-state index contributed by atoms with van der Waals surface area (Å²) in [6.45, 7) is 3.03. The van der Waals surface area contributed by atoms with E-state index in [0.29, 0.717) is 36.9 Å². The number of aryl methyl sites for hydroxylation is 1. The smallest absolute Gasteiger partial charge is 0.251 e. The van der Waals surface area contributed by atoms with Gasteiger partial charge in [0, 0.05) is 18.7 Å². The Morgan fingerprint density at radius 1 is 0.974 bits per heavy atom. The molecule has 1 aliphatic carbocycles. The van der Waals surface area contributed by atoms with E-state index in [0.717, 1.165) is 24.0 Å². The second-order valence-electron chi connectivity index (χ2n) is 10.5. The van der Waals surface area contributed by atoms with Gasteiger partial charge in [0.15, 0.2) is 0 Å². The van der Waals surface area contributed by atoms with Gasteiger partial charge in [-0.25, -0.2) is 0 Å². The SMILES string of the molecule is Cc1ccc([C@@H]2C[C@H]2CCC[C@H](NC(=O)c2ccc(-c3ccccc3)cc2)C(=O)N2CCNC(=O)C2)cc1. The molecule has 3 aromatic rings. The maximum absolute atomic E-state index is 13.4. The van der Waals surface area contributed by atoms with Crippen molar-refractivity contribution in [1.29, 1.82) is 0 Å². The molecule has 2 fully saturated rings. The van der Waals surface area contributed by atoms with E-state index in [4.69, 9.17) is 0 Å². The molecular weight excluding hydrogens is 474 g/mol. The van der Waals surface area contributed by atoms with Crippen molar-refractivity contribution in [3.8, 4) is 11.1 Å². The topological polar surface area (TPSA) is 78.5 Å². The summed E-state index contributed by atoms with van der Waals surface area (Å²) in [4.78, 5) is 40.0. The number of hydrogen-bond acceptors (Lipinski definition) is 3. The number of carbonyl (C=O) groups excluding carboxylic acids is 3. The Kier molecular flexibility index (Phi) is 7.87. The Balaban J connectivity index is 1.22. The molecule has 0 aromatic heterocycles. The van der Waals surface area contributed by atoms with Gasteiger partial charge < -0.3 is 15.5 Å². The first-order chi connectivity index (χ1) is 18.5. The van der Waals surface area contributed by atoms with Gasteiger partial charge in [-0.15, -0.1) is 0 Å². The van der Waals surface area contributed by atoms with Crippen LogP contribution in [0.4, 0.5) is 0 Å². The summed E-state index contributed by atoms with van der Waals surface area (Å²) in [5.74, 6) is 0.599. The molecule has 0 radical (unpaired) electrons. The third-order valence-electron chi connectivity index (χ3n) is 7.70. The maximum atomic E-state index is 13.4. The van der Waals surface area contributed by atoms with E-state index in [1.807, 2.05) is 42.5 Å². The van der Waals surface area contributed by atoms with Crippen LogP contribution in [0.15, 0.2) is 78.9 Å². The maximum Gasteiger partial charge on any atom is 0.251 e. The van der Waals surface area contributed by atoms with Crippen molar-refractivity contribution in [2.24, 2.45) is 5.92 Å². The van der Waals surface area contributed by atoms with Crippen LogP contribution in [0.1, 0.15) is 53.1 Å². The molecule has 6 nitrogen and oxygen atoms in total. The lowest BCUT2D eigenvalue weighted by Crippen LogP contribution is -2.55. The van der Waals surface area contributed by atoms with E-state index in [2.05, 4.69) is 41.8 Å². The Labute approximate surface area is 224 Å². The second-order valence-corrected chi connectivity index (χ2v) is 10.5. The van der Waals surface area contributed by atoms with Crippen LogP contribution < -0.4 is 10.6 Å². The minimum Gasteiger partial charge on any atom is -0.353 e. The molecule has 0 spiro atoms. The van der Waals surface area contributed by atoms with Crippen LogP contribution >= 0.6 is 0 Å². The summed E-state index contributed by atoms with van der Waals surface area (Å²) in [5.41, 5.74) is 5.28. The van der Waals surface area contributed by atoms with Crippen molar-refractivity contribution in [2.45, 2.75) is 44.6 Å². The summed E-state index contributed by atoms with van der Waals surface area (Å²) in [6.07, 6.45) is 3.59. The fraction of sp³-hybridized carbons (Fsp3) is 0.344. The van der Waals surface area contributed by atoms with Gasteiger partial charge in [0.05, 0.1) is 6.54 Å². The molecule has 0 bridgehead atoms. The summed E-state index contributed by atoms with van der Waals surface area (Å²) < 4.78 is 0. The van der Waals surface area contributed by atoms with Crippen LogP contribution in [0.5, 0.6) is 0 Å². The Hall–Kier alpha value is -3.93. The summed E-state index contributed by atoms with van der Waals surface area (Å²) >= 11 is 0. The molecule has 1 saturated carbocycles. The number of amides is 3. The molecule has 2 N–H and O–H groups in total. The zero-order valence-electron chi connectivity index (χ0n) is 21.9. The average Bonchev–Trinajstić information content (AvgIpc) is 3.72. The molecule has 3 atom stereocenters. The van der Waals surface area contributed by atoms with Crippen LogP contribution in [0.25, 0.3) is 11.1 Å². The van der Waals surface area contributed by atoms with Gasteiger partial charge in [-0.3, -0.25) is 14.4 Å². The lowest BCUT2D eigenvalue weighted by molar-refractivity contribution is -0.139. The molecule has 196 valence electrons. The Morgan fingerprint density at radius 2 is 1.68 bits per heavy atom. The first-order valence-corrected chi connectivity index (χ1v) is 13.6. The summed E-state index contributed by atoms with van der Waals surface area (Å²) in [6, 6.07) is 25.6. The molecule has 0 unspecified atom stereocenters. The summed E-state index contributed by atoms with van der Waals surface area (Å²) in [5, 5.41) is 5.75. The van der Waals surface area contributed by atoms with Crippen molar-refractivity contribution in [2.75, 3.05) is 19.6 Å². The van der Waals surface area contributed by atoms with Gasteiger partial charge in [-0.2, -0.15) is 0 Å². The zero-order valence-corrected chi connectivity index (χ0v) is 21.9. The Morgan fingerprint density at radius 3 is 2.39 bits per heavy atom. The van der Waals surface area contributed by atoms with E-state index < -0.39 is 6.04 Å². The first-order valence-electron chi connectivity index (χ1n) is 13.6. The third kappa shape index (κ3) is 6.31. The van der Waals surface area contributed by atoms with Gasteiger partial charge in [-0.05, 0) is 66.8 Å². The van der Waals surface area contributed by atoms with Gasteiger partial charge in [0.25, 0.3) is 5.91 Å². The number of nitrogens with zero attached hydrogens (tertiary/aromatic N) is 1. The lowest BCUT2D eigenvalue weighted by atomic mass is 10.0. The van der Waals surface area contributed by atoms with Gasteiger partial charge in [0.2, 0.25) is 11.8 Å². The number of carbonyl (C=O) groups is 3. The van der Waals surface area contributed by atoms with Gasteiger partial charge in [-0.1, -0.05) is 78.7 Å². The van der Waals surface area contributed by atoms with Gasteiger partial charge >= 0.3 is 0 Å². The minimum absolute atomic E-state index is 0.0368. The van der Waals surface area contributed by atoms with Crippen molar-refractivity contribution in [1.82, 2.24) is 15.5 Å². The average molecular weight is 510 g/mol. The highest BCUT2D eigenvalue weighted by atomic mass is 16.2. The molecule has 1 aliphatic heterocycles. The van der Waals surface area contributed by atoms with E-state index in [1.165, 1.54) is 17.5 Å². The number of piperazine rings is 1. The minimum atomic E-state index is -0.654. The molecule has 5 rings (SSSR count). The highest BCUT2D eigenvalue weighted by molar-refractivity contribution is 5.98. The molecule has 1 heterocycles. The highest BCUT2D eigenvalue weighted by Crippen LogP contribution is 2.50. The fourth-order valence-electron chi connectivity index (χ4n) is 5.36. The van der Waals surface area contributed by atoms with Crippen LogP contribution in [0.3, 0.4) is 0 Å². The van der Waals surface area contributed by atoms with Crippen LogP contribution in [-0.4, -0.2) is 48.3 Å². The van der Waals surface area contributed by atoms with E-state index in [-0.39, 0.29) is 24.3 Å².